The van der Waals surface area contributed by atoms with Crippen molar-refractivity contribution in [3.63, 3.8) is 0 Å². The van der Waals surface area contributed by atoms with E-state index in [2.05, 4.69) is 0 Å². The Hall–Kier alpha value is -2.17. The van der Waals surface area contributed by atoms with Crippen molar-refractivity contribution in [2.45, 2.75) is 39.2 Å². The SMILES string of the molecule is CC(C)CC(=O)N1C(=O)[C@@H]2CCCN2C(=O)c2ccccc21. The molecule has 1 saturated heterocycles. The summed E-state index contributed by atoms with van der Waals surface area (Å²) in [6.07, 6.45) is 1.72. The Morgan fingerprint density at radius 1 is 1.27 bits per heavy atom. The molecule has 0 N–H and O–H groups in total. The molecule has 2 aliphatic heterocycles. The number of nitrogens with zero attached hydrogens (tertiary/aromatic N) is 2. The summed E-state index contributed by atoms with van der Waals surface area (Å²) >= 11 is 0. The summed E-state index contributed by atoms with van der Waals surface area (Å²) in [7, 11) is 0. The van der Waals surface area contributed by atoms with E-state index in [1.807, 2.05) is 13.8 Å². The van der Waals surface area contributed by atoms with Gasteiger partial charge in [0.05, 0.1) is 11.3 Å². The lowest BCUT2D eigenvalue weighted by Gasteiger charge is -2.25. The first-order valence-electron chi connectivity index (χ1n) is 7.77. The predicted molar refractivity (Wildman–Crippen MR) is 82.4 cm³/mol. The highest BCUT2D eigenvalue weighted by Gasteiger charge is 2.43. The van der Waals surface area contributed by atoms with Crippen molar-refractivity contribution in [2.24, 2.45) is 5.92 Å². The van der Waals surface area contributed by atoms with Crippen molar-refractivity contribution in [3.8, 4) is 0 Å². The van der Waals surface area contributed by atoms with Gasteiger partial charge in [-0.1, -0.05) is 26.0 Å². The number of benzene rings is 1. The van der Waals surface area contributed by atoms with E-state index < -0.39 is 6.04 Å². The summed E-state index contributed by atoms with van der Waals surface area (Å²) in [6, 6.07) is 6.40. The molecule has 3 amide bonds. The molecular weight excluding hydrogens is 280 g/mol. The normalized spacial score (nSPS) is 21.0. The molecule has 1 aromatic rings. The highest BCUT2D eigenvalue weighted by atomic mass is 16.2. The number of fused-ring (bicyclic) bond motifs is 2. The van der Waals surface area contributed by atoms with Crippen LogP contribution in [0.4, 0.5) is 5.69 Å². The number of anilines is 1. The van der Waals surface area contributed by atoms with Crippen LogP contribution in [0.15, 0.2) is 24.3 Å². The van der Waals surface area contributed by atoms with Crippen LogP contribution in [-0.4, -0.2) is 35.2 Å². The number of para-hydroxylation sites is 1. The lowest BCUT2D eigenvalue weighted by molar-refractivity contribution is -0.128. The van der Waals surface area contributed by atoms with Crippen LogP contribution in [0.2, 0.25) is 0 Å². The van der Waals surface area contributed by atoms with Crippen LogP contribution in [0.25, 0.3) is 0 Å². The smallest absolute Gasteiger partial charge is 0.256 e. The maximum atomic E-state index is 12.9. The van der Waals surface area contributed by atoms with E-state index in [0.717, 1.165) is 6.42 Å². The van der Waals surface area contributed by atoms with Gasteiger partial charge < -0.3 is 4.90 Å². The Morgan fingerprint density at radius 3 is 2.73 bits per heavy atom. The number of hydrogen-bond acceptors (Lipinski definition) is 3. The third kappa shape index (κ3) is 2.30. The van der Waals surface area contributed by atoms with Gasteiger partial charge in [0.2, 0.25) is 5.91 Å². The van der Waals surface area contributed by atoms with Gasteiger partial charge in [0, 0.05) is 13.0 Å². The molecule has 0 spiro atoms. The van der Waals surface area contributed by atoms with Crippen molar-refractivity contribution in [2.75, 3.05) is 11.4 Å². The first-order valence-corrected chi connectivity index (χ1v) is 7.77. The molecule has 1 fully saturated rings. The summed E-state index contributed by atoms with van der Waals surface area (Å²) in [5.41, 5.74) is 0.870. The van der Waals surface area contributed by atoms with Gasteiger partial charge in [-0.05, 0) is 30.9 Å². The molecule has 5 heteroatoms. The summed E-state index contributed by atoms with van der Waals surface area (Å²) in [5, 5.41) is 0. The van der Waals surface area contributed by atoms with Crippen LogP contribution in [0, 0.1) is 5.92 Å². The van der Waals surface area contributed by atoms with Crippen LogP contribution < -0.4 is 4.90 Å². The lowest BCUT2D eigenvalue weighted by Crippen LogP contribution is -2.47. The van der Waals surface area contributed by atoms with E-state index in [4.69, 9.17) is 0 Å². The van der Waals surface area contributed by atoms with E-state index in [0.29, 0.717) is 30.6 Å². The number of hydrogen-bond donors (Lipinski definition) is 0. The Bertz CT molecular complexity index is 639. The van der Waals surface area contributed by atoms with Gasteiger partial charge >= 0.3 is 0 Å². The van der Waals surface area contributed by atoms with Crippen LogP contribution in [0.5, 0.6) is 0 Å². The van der Waals surface area contributed by atoms with Crippen molar-refractivity contribution in [3.05, 3.63) is 29.8 Å². The third-order valence-corrected chi connectivity index (χ3v) is 4.23. The van der Waals surface area contributed by atoms with Gasteiger partial charge in [0.25, 0.3) is 11.8 Å². The monoisotopic (exact) mass is 300 g/mol. The molecule has 116 valence electrons. The van der Waals surface area contributed by atoms with E-state index in [1.54, 1.807) is 29.2 Å². The molecule has 0 bridgehead atoms. The minimum absolute atomic E-state index is 0.147. The van der Waals surface area contributed by atoms with Crippen molar-refractivity contribution in [1.82, 2.24) is 4.90 Å². The number of imide groups is 1. The summed E-state index contributed by atoms with van der Waals surface area (Å²) in [5.74, 6) is -0.479. The van der Waals surface area contributed by atoms with Gasteiger partial charge in [-0.15, -0.1) is 0 Å². The van der Waals surface area contributed by atoms with E-state index in [-0.39, 0.29) is 23.6 Å². The standard InChI is InChI=1S/C17H20N2O3/c1-11(2)10-15(20)19-13-7-4-3-6-12(13)16(21)18-9-5-8-14(18)17(19)22/h3-4,6-7,11,14H,5,8-10H2,1-2H3/t14-/m0/s1. The quantitative estimate of drug-likeness (QED) is 0.841. The minimum atomic E-state index is -0.504. The fourth-order valence-electron chi connectivity index (χ4n) is 3.24. The number of amides is 3. The van der Waals surface area contributed by atoms with Crippen LogP contribution >= 0.6 is 0 Å². The highest BCUT2D eigenvalue weighted by molar-refractivity contribution is 6.22. The molecule has 0 radical (unpaired) electrons. The van der Waals surface area contributed by atoms with Gasteiger partial charge in [0.15, 0.2) is 0 Å². The molecule has 5 nitrogen and oxygen atoms in total. The second-order valence-electron chi connectivity index (χ2n) is 6.34. The molecule has 22 heavy (non-hydrogen) atoms. The van der Waals surface area contributed by atoms with Crippen LogP contribution in [0.3, 0.4) is 0 Å². The fraction of sp³-hybridized carbons (Fsp3) is 0.471. The predicted octanol–water partition coefficient (Wildman–Crippen LogP) is 2.21. The Balaban J connectivity index is 2.10. The largest absolute Gasteiger partial charge is 0.327 e. The third-order valence-electron chi connectivity index (χ3n) is 4.23. The summed E-state index contributed by atoms with van der Waals surface area (Å²) < 4.78 is 0. The average molecular weight is 300 g/mol. The fourth-order valence-corrected chi connectivity index (χ4v) is 3.24. The summed E-state index contributed by atoms with van der Waals surface area (Å²) in [4.78, 5) is 41.0. The second kappa shape index (κ2) is 5.55. The Morgan fingerprint density at radius 2 is 2.00 bits per heavy atom. The Kier molecular flexibility index (Phi) is 3.72. The van der Waals surface area contributed by atoms with E-state index in [9.17, 15) is 14.4 Å². The lowest BCUT2D eigenvalue weighted by atomic mass is 10.1. The highest BCUT2D eigenvalue weighted by Crippen LogP contribution is 2.33. The molecule has 2 aliphatic rings. The zero-order valence-corrected chi connectivity index (χ0v) is 12.9. The molecule has 0 unspecified atom stereocenters. The number of rotatable bonds is 2. The second-order valence-corrected chi connectivity index (χ2v) is 6.34. The number of carbonyl (C=O) groups excluding carboxylic acids is 3. The van der Waals surface area contributed by atoms with Gasteiger partial charge in [-0.3, -0.25) is 14.4 Å². The zero-order valence-electron chi connectivity index (χ0n) is 12.9. The number of carbonyl (C=O) groups is 3. The molecule has 2 heterocycles. The average Bonchev–Trinajstić information content (AvgIpc) is 2.93. The molecule has 1 aromatic carbocycles. The van der Waals surface area contributed by atoms with Crippen molar-refractivity contribution in [1.29, 1.82) is 0 Å². The Labute approximate surface area is 129 Å². The molecule has 3 rings (SSSR count). The molecular formula is C17H20N2O3. The van der Waals surface area contributed by atoms with E-state index in [1.165, 1.54) is 4.90 Å². The van der Waals surface area contributed by atoms with Gasteiger partial charge in [-0.25, -0.2) is 4.90 Å². The van der Waals surface area contributed by atoms with E-state index >= 15 is 0 Å². The molecule has 1 atom stereocenters. The first-order chi connectivity index (χ1) is 10.5. The minimum Gasteiger partial charge on any atom is -0.327 e. The molecule has 0 aliphatic carbocycles. The van der Waals surface area contributed by atoms with Crippen LogP contribution in [0.1, 0.15) is 43.5 Å². The molecule has 0 saturated carbocycles. The maximum Gasteiger partial charge on any atom is 0.256 e. The van der Waals surface area contributed by atoms with Crippen molar-refractivity contribution < 1.29 is 14.4 Å². The first kappa shape index (κ1) is 14.8. The molecule has 0 aromatic heterocycles. The van der Waals surface area contributed by atoms with Gasteiger partial charge in [0.1, 0.15) is 6.04 Å². The van der Waals surface area contributed by atoms with Crippen molar-refractivity contribution >= 4 is 23.4 Å². The van der Waals surface area contributed by atoms with Gasteiger partial charge in [-0.2, -0.15) is 0 Å². The zero-order chi connectivity index (χ0) is 15.9. The maximum absolute atomic E-state index is 12.9. The van der Waals surface area contributed by atoms with Crippen LogP contribution in [-0.2, 0) is 9.59 Å². The topological polar surface area (TPSA) is 57.7 Å². The summed E-state index contributed by atoms with van der Waals surface area (Å²) in [6.45, 7) is 4.47.